The number of alkyl halides is 3. The molecule has 1 aliphatic rings. The number of aliphatic imine (C=N–C) groups is 1. The minimum absolute atomic E-state index is 0.133. The fourth-order valence-corrected chi connectivity index (χ4v) is 2.08. The average molecular weight is 316 g/mol. The first-order valence-electron chi connectivity index (χ1n) is 6.88. The Kier molecular flexibility index (Phi) is 4.53. The third kappa shape index (κ3) is 4.29. The second kappa shape index (κ2) is 6.06. The van der Waals surface area contributed by atoms with Crippen LogP contribution in [0.15, 0.2) is 29.3 Å². The Bertz CT molecular complexity index is 539. The van der Waals surface area contributed by atoms with Crippen molar-refractivity contribution in [3.05, 3.63) is 24.3 Å². The summed E-state index contributed by atoms with van der Waals surface area (Å²) in [7, 11) is 1.50. The van der Waals surface area contributed by atoms with Gasteiger partial charge in [0.2, 0.25) is 0 Å². The highest BCUT2D eigenvalue weighted by Crippen LogP contribution is 2.29. The highest BCUT2D eigenvalue weighted by Gasteiger charge is 2.42. The summed E-state index contributed by atoms with van der Waals surface area (Å²) in [6.07, 6.45) is -4.74. The third-order valence-corrected chi connectivity index (χ3v) is 3.22. The van der Waals surface area contributed by atoms with Crippen LogP contribution in [0.25, 0.3) is 0 Å². The van der Waals surface area contributed by atoms with Gasteiger partial charge in [0, 0.05) is 5.69 Å². The summed E-state index contributed by atoms with van der Waals surface area (Å²) >= 11 is 0. The zero-order valence-electron chi connectivity index (χ0n) is 12.7. The summed E-state index contributed by atoms with van der Waals surface area (Å²) in [5.74, 6) is 0.715. The first-order chi connectivity index (χ1) is 10.2. The van der Waals surface area contributed by atoms with Crippen molar-refractivity contribution in [3.8, 4) is 5.75 Å². The van der Waals surface area contributed by atoms with Gasteiger partial charge in [-0.05, 0) is 38.1 Å². The van der Waals surface area contributed by atoms with Gasteiger partial charge in [0.1, 0.15) is 18.4 Å². The van der Waals surface area contributed by atoms with E-state index in [4.69, 9.17) is 9.47 Å². The van der Waals surface area contributed by atoms with Crippen molar-refractivity contribution < 1.29 is 22.6 Å². The number of nitrogens with one attached hydrogen (secondary N) is 1. The van der Waals surface area contributed by atoms with Crippen LogP contribution in [0.3, 0.4) is 0 Å². The second-order valence-corrected chi connectivity index (χ2v) is 5.78. The van der Waals surface area contributed by atoms with Crippen molar-refractivity contribution in [2.24, 2.45) is 4.99 Å². The Labute approximate surface area is 127 Å². The molecular weight excluding hydrogens is 297 g/mol. The molecule has 7 heteroatoms. The molecule has 0 saturated carbocycles. The molecule has 1 atom stereocenters. The molecule has 0 bridgehead atoms. The topological polar surface area (TPSA) is 42.8 Å². The maximum atomic E-state index is 13.2. The number of hydrogen-bond donors (Lipinski definition) is 1. The number of hydrogen-bond acceptors (Lipinski definition) is 4. The number of halogens is 3. The zero-order chi connectivity index (χ0) is 16.4. The SMILES string of the molecule is COc1ccc(NC(CC2=NC(C)(C)CO2)C(F)(F)F)cc1. The molecular formula is C15H19F3N2O2. The van der Waals surface area contributed by atoms with E-state index >= 15 is 0 Å². The number of benzene rings is 1. The van der Waals surface area contributed by atoms with Gasteiger partial charge in [-0.3, -0.25) is 0 Å². The first-order valence-corrected chi connectivity index (χ1v) is 6.88. The molecule has 0 radical (unpaired) electrons. The molecule has 0 amide bonds. The Balaban J connectivity index is 2.10. The van der Waals surface area contributed by atoms with E-state index in [-0.39, 0.29) is 12.3 Å². The lowest BCUT2D eigenvalue weighted by Crippen LogP contribution is -2.38. The third-order valence-electron chi connectivity index (χ3n) is 3.22. The standard InChI is InChI=1S/C15H19F3N2O2/c1-14(2)9-22-13(20-14)8-12(15(16,17)18)19-10-4-6-11(21-3)7-5-10/h4-7,12,19H,8-9H2,1-3H3. The molecule has 0 aromatic heterocycles. The van der Waals surface area contributed by atoms with Crippen LogP contribution in [-0.4, -0.2) is 37.4 Å². The van der Waals surface area contributed by atoms with Crippen LogP contribution in [0, 0.1) is 0 Å². The van der Waals surface area contributed by atoms with E-state index in [0.717, 1.165) is 0 Å². The quantitative estimate of drug-likeness (QED) is 0.902. The van der Waals surface area contributed by atoms with Crippen LogP contribution >= 0.6 is 0 Å². The van der Waals surface area contributed by atoms with Crippen LogP contribution in [0.2, 0.25) is 0 Å². The maximum absolute atomic E-state index is 13.2. The molecule has 1 unspecified atom stereocenters. The van der Waals surface area contributed by atoms with Crippen molar-refractivity contribution in [2.75, 3.05) is 19.0 Å². The van der Waals surface area contributed by atoms with Gasteiger partial charge in [0.05, 0.1) is 19.1 Å². The molecule has 1 aliphatic heterocycles. The predicted molar refractivity (Wildman–Crippen MR) is 78.5 cm³/mol. The van der Waals surface area contributed by atoms with Crippen LogP contribution < -0.4 is 10.1 Å². The number of rotatable bonds is 5. The van der Waals surface area contributed by atoms with E-state index < -0.39 is 17.8 Å². The Morgan fingerprint density at radius 3 is 2.41 bits per heavy atom. The summed E-state index contributed by atoms with van der Waals surface area (Å²) < 4.78 is 49.8. The minimum Gasteiger partial charge on any atom is -0.497 e. The summed E-state index contributed by atoms with van der Waals surface area (Å²) in [4.78, 5) is 4.18. The normalized spacial score (nSPS) is 18.4. The molecule has 1 heterocycles. The number of ether oxygens (including phenoxy) is 2. The van der Waals surface area contributed by atoms with Crippen LogP contribution in [0.5, 0.6) is 5.75 Å². The molecule has 122 valence electrons. The molecule has 2 rings (SSSR count). The van der Waals surface area contributed by atoms with E-state index in [1.807, 2.05) is 13.8 Å². The van der Waals surface area contributed by atoms with Gasteiger partial charge in [-0.1, -0.05) is 0 Å². The maximum Gasteiger partial charge on any atom is 0.409 e. The molecule has 0 saturated heterocycles. The Hall–Kier alpha value is -1.92. The Morgan fingerprint density at radius 1 is 1.32 bits per heavy atom. The smallest absolute Gasteiger partial charge is 0.409 e. The summed E-state index contributed by atoms with van der Waals surface area (Å²) in [6.45, 7) is 3.94. The molecule has 4 nitrogen and oxygen atoms in total. The molecule has 0 aliphatic carbocycles. The van der Waals surface area contributed by atoms with Crippen molar-refractivity contribution in [2.45, 2.75) is 38.0 Å². The van der Waals surface area contributed by atoms with Gasteiger partial charge < -0.3 is 14.8 Å². The second-order valence-electron chi connectivity index (χ2n) is 5.78. The van der Waals surface area contributed by atoms with Gasteiger partial charge in [-0.15, -0.1) is 0 Å². The first kappa shape index (κ1) is 16.5. The zero-order valence-corrected chi connectivity index (χ0v) is 12.7. The number of methoxy groups -OCH3 is 1. The molecule has 0 fully saturated rings. The number of nitrogens with zero attached hydrogens (tertiary/aromatic N) is 1. The van der Waals surface area contributed by atoms with E-state index in [2.05, 4.69) is 10.3 Å². The molecule has 1 N–H and O–H groups in total. The summed E-state index contributed by atoms with van der Waals surface area (Å²) in [5, 5.41) is 2.48. The van der Waals surface area contributed by atoms with Gasteiger partial charge in [0.25, 0.3) is 0 Å². The van der Waals surface area contributed by atoms with Gasteiger partial charge >= 0.3 is 6.18 Å². The van der Waals surface area contributed by atoms with Crippen molar-refractivity contribution in [1.29, 1.82) is 0 Å². The fraction of sp³-hybridized carbons (Fsp3) is 0.533. The van der Waals surface area contributed by atoms with Crippen LogP contribution in [0.4, 0.5) is 18.9 Å². The van der Waals surface area contributed by atoms with Gasteiger partial charge in [-0.2, -0.15) is 13.2 Å². The molecule has 0 spiro atoms. The van der Waals surface area contributed by atoms with Crippen LogP contribution in [0.1, 0.15) is 20.3 Å². The summed E-state index contributed by atoms with van der Waals surface area (Å²) in [5.41, 5.74) is -0.105. The largest absolute Gasteiger partial charge is 0.497 e. The fourth-order valence-electron chi connectivity index (χ4n) is 2.08. The van der Waals surface area contributed by atoms with Crippen molar-refractivity contribution >= 4 is 11.6 Å². The average Bonchev–Trinajstić information content (AvgIpc) is 2.77. The van der Waals surface area contributed by atoms with E-state index in [9.17, 15) is 13.2 Å². The number of anilines is 1. The lowest BCUT2D eigenvalue weighted by atomic mass is 10.1. The Morgan fingerprint density at radius 2 is 1.95 bits per heavy atom. The van der Waals surface area contributed by atoms with Gasteiger partial charge in [-0.25, -0.2) is 4.99 Å². The van der Waals surface area contributed by atoms with E-state index in [1.165, 1.54) is 7.11 Å². The molecule has 1 aromatic rings. The van der Waals surface area contributed by atoms with Crippen molar-refractivity contribution in [3.63, 3.8) is 0 Å². The van der Waals surface area contributed by atoms with Gasteiger partial charge in [0.15, 0.2) is 5.90 Å². The predicted octanol–water partition coefficient (Wildman–Crippen LogP) is 3.64. The highest BCUT2D eigenvalue weighted by atomic mass is 19.4. The lowest BCUT2D eigenvalue weighted by molar-refractivity contribution is -0.141. The molecule has 1 aromatic carbocycles. The van der Waals surface area contributed by atoms with Crippen LogP contribution in [-0.2, 0) is 4.74 Å². The van der Waals surface area contributed by atoms with E-state index in [1.54, 1.807) is 24.3 Å². The van der Waals surface area contributed by atoms with Crippen molar-refractivity contribution in [1.82, 2.24) is 0 Å². The monoisotopic (exact) mass is 316 g/mol. The molecule has 22 heavy (non-hydrogen) atoms. The lowest BCUT2D eigenvalue weighted by Gasteiger charge is -2.22. The van der Waals surface area contributed by atoms with E-state index in [0.29, 0.717) is 18.0 Å². The highest BCUT2D eigenvalue weighted by molar-refractivity contribution is 5.79. The minimum atomic E-state index is -4.40. The summed E-state index contributed by atoms with van der Waals surface area (Å²) in [6, 6.07) is 4.52.